The molecule has 1 amide bonds. The Labute approximate surface area is 117 Å². The standard InChI is InChI=1S/C15H20BrNO/c1-15(2,3)14(18)17-9-7-12-10-11(6-8-16)4-5-13(12)17/h4-5,10H,6-9H2,1-3H3. The Balaban J connectivity index is 2.27. The van der Waals surface area contributed by atoms with Gasteiger partial charge < -0.3 is 4.90 Å². The highest BCUT2D eigenvalue weighted by molar-refractivity contribution is 9.09. The molecule has 0 unspecified atom stereocenters. The van der Waals surface area contributed by atoms with Gasteiger partial charge in [0.2, 0.25) is 5.91 Å². The molecule has 1 aromatic rings. The van der Waals surface area contributed by atoms with Gasteiger partial charge in [-0.1, -0.05) is 48.8 Å². The van der Waals surface area contributed by atoms with E-state index in [-0.39, 0.29) is 11.3 Å². The van der Waals surface area contributed by atoms with E-state index in [1.807, 2.05) is 25.7 Å². The van der Waals surface area contributed by atoms with Crippen molar-refractivity contribution < 1.29 is 4.79 Å². The van der Waals surface area contributed by atoms with Gasteiger partial charge in [0.05, 0.1) is 0 Å². The Morgan fingerprint density at radius 2 is 2.11 bits per heavy atom. The molecule has 0 saturated heterocycles. The third kappa shape index (κ3) is 2.61. The molecule has 1 aromatic carbocycles. The van der Waals surface area contributed by atoms with Gasteiger partial charge in [-0.25, -0.2) is 0 Å². The molecule has 0 spiro atoms. The summed E-state index contributed by atoms with van der Waals surface area (Å²) in [6.45, 7) is 6.76. The number of anilines is 1. The number of alkyl halides is 1. The van der Waals surface area contributed by atoms with Crippen LogP contribution in [0.1, 0.15) is 31.9 Å². The van der Waals surface area contributed by atoms with Crippen molar-refractivity contribution in [1.82, 2.24) is 0 Å². The Bertz CT molecular complexity index is 462. The van der Waals surface area contributed by atoms with Crippen molar-refractivity contribution >= 4 is 27.5 Å². The van der Waals surface area contributed by atoms with Crippen LogP contribution in [0.3, 0.4) is 0 Å². The molecule has 0 saturated carbocycles. The summed E-state index contributed by atoms with van der Waals surface area (Å²) in [7, 11) is 0. The average Bonchev–Trinajstić information content (AvgIpc) is 2.70. The lowest BCUT2D eigenvalue weighted by atomic mass is 9.94. The summed E-state index contributed by atoms with van der Waals surface area (Å²) in [4.78, 5) is 14.3. The lowest BCUT2D eigenvalue weighted by Gasteiger charge is -2.26. The number of nitrogens with zero attached hydrogens (tertiary/aromatic N) is 1. The number of aryl methyl sites for hydroxylation is 1. The minimum Gasteiger partial charge on any atom is -0.311 e. The van der Waals surface area contributed by atoms with Gasteiger partial charge in [-0.3, -0.25) is 4.79 Å². The molecule has 3 heteroatoms. The summed E-state index contributed by atoms with van der Waals surface area (Å²) >= 11 is 3.46. The number of amides is 1. The summed E-state index contributed by atoms with van der Waals surface area (Å²) < 4.78 is 0. The molecule has 0 radical (unpaired) electrons. The molecule has 0 bridgehead atoms. The average molecular weight is 310 g/mol. The SMILES string of the molecule is CC(C)(C)C(=O)N1CCc2cc(CCBr)ccc21. The fourth-order valence-electron chi connectivity index (χ4n) is 2.34. The van der Waals surface area contributed by atoms with Crippen LogP contribution in [0.15, 0.2) is 18.2 Å². The van der Waals surface area contributed by atoms with Gasteiger partial charge in [0.1, 0.15) is 0 Å². The maximum absolute atomic E-state index is 12.4. The summed E-state index contributed by atoms with van der Waals surface area (Å²) in [6.07, 6.45) is 2.02. The van der Waals surface area contributed by atoms with E-state index in [4.69, 9.17) is 0 Å². The largest absolute Gasteiger partial charge is 0.311 e. The normalized spacial score (nSPS) is 14.8. The zero-order valence-corrected chi connectivity index (χ0v) is 12.9. The predicted molar refractivity (Wildman–Crippen MR) is 79.5 cm³/mol. The highest BCUT2D eigenvalue weighted by Gasteiger charge is 2.32. The maximum Gasteiger partial charge on any atom is 0.232 e. The van der Waals surface area contributed by atoms with E-state index >= 15 is 0 Å². The predicted octanol–water partition coefficient (Wildman–Crippen LogP) is 3.56. The molecule has 0 aromatic heterocycles. The Hall–Kier alpha value is -0.830. The van der Waals surface area contributed by atoms with Crippen molar-refractivity contribution in [2.45, 2.75) is 33.6 Å². The van der Waals surface area contributed by atoms with Gasteiger partial charge in [-0.2, -0.15) is 0 Å². The maximum atomic E-state index is 12.4. The first-order chi connectivity index (χ1) is 8.43. The molecule has 98 valence electrons. The van der Waals surface area contributed by atoms with Crippen molar-refractivity contribution in [1.29, 1.82) is 0 Å². The van der Waals surface area contributed by atoms with Gasteiger partial charge in [0.25, 0.3) is 0 Å². The third-order valence-electron chi connectivity index (χ3n) is 3.31. The summed E-state index contributed by atoms with van der Waals surface area (Å²) in [6, 6.07) is 6.48. The fraction of sp³-hybridized carbons (Fsp3) is 0.533. The number of benzene rings is 1. The number of rotatable bonds is 2. The van der Waals surface area contributed by atoms with Crippen LogP contribution in [0.2, 0.25) is 0 Å². The number of halogens is 1. The van der Waals surface area contributed by atoms with Gasteiger partial charge in [0, 0.05) is 23.0 Å². The lowest BCUT2D eigenvalue weighted by molar-refractivity contribution is -0.125. The molecule has 1 aliphatic heterocycles. The topological polar surface area (TPSA) is 20.3 Å². The Morgan fingerprint density at radius 1 is 1.39 bits per heavy atom. The smallest absolute Gasteiger partial charge is 0.232 e. The molecule has 1 heterocycles. The second kappa shape index (κ2) is 5.04. The quantitative estimate of drug-likeness (QED) is 0.765. The minimum atomic E-state index is -0.309. The van der Waals surface area contributed by atoms with E-state index < -0.39 is 0 Å². The van der Waals surface area contributed by atoms with Crippen LogP contribution in [0.25, 0.3) is 0 Å². The summed E-state index contributed by atoms with van der Waals surface area (Å²) in [5.74, 6) is 0.217. The second-order valence-electron chi connectivity index (χ2n) is 5.86. The first kappa shape index (κ1) is 13.6. The zero-order chi connectivity index (χ0) is 13.3. The van der Waals surface area contributed by atoms with Crippen LogP contribution < -0.4 is 4.90 Å². The second-order valence-corrected chi connectivity index (χ2v) is 6.65. The van der Waals surface area contributed by atoms with Crippen LogP contribution in [-0.2, 0) is 17.6 Å². The Kier molecular flexibility index (Phi) is 3.81. The van der Waals surface area contributed by atoms with E-state index in [2.05, 4.69) is 34.1 Å². The van der Waals surface area contributed by atoms with Crippen LogP contribution in [-0.4, -0.2) is 17.8 Å². The summed E-state index contributed by atoms with van der Waals surface area (Å²) in [5.41, 5.74) is 3.45. The van der Waals surface area contributed by atoms with Crippen LogP contribution in [0.5, 0.6) is 0 Å². The molecule has 0 N–H and O–H groups in total. The van der Waals surface area contributed by atoms with Crippen molar-refractivity contribution in [2.75, 3.05) is 16.8 Å². The van der Waals surface area contributed by atoms with Crippen molar-refractivity contribution in [3.05, 3.63) is 29.3 Å². The van der Waals surface area contributed by atoms with Crippen LogP contribution in [0, 0.1) is 5.41 Å². The van der Waals surface area contributed by atoms with E-state index in [0.717, 1.165) is 30.4 Å². The van der Waals surface area contributed by atoms with Crippen molar-refractivity contribution in [3.8, 4) is 0 Å². The summed E-state index contributed by atoms with van der Waals surface area (Å²) in [5, 5.41) is 0.983. The number of fused-ring (bicyclic) bond motifs is 1. The van der Waals surface area contributed by atoms with Gasteiger partial charge >= 0.3 is 0 Å². The van der Waals surface area contributed by atoms with E-state index in [9.17, 15) is 4.79 Å². The molecular weight excluding hydrogens is 290 g/mol. The van der Waals surface area contributed by atoms with Gasteiger partial charge in [-0.15, -0.1) is 0 Å². The molecule has 0 atom stereocenters. The number of hydrogen-bond donors (Lipinski definition) is 0. The molecule has 1 aliphatic rings. The molecule has 0 aliphatic carbocycles. The lowest BCUT2D eigenvalue weighted by Crippen LogP contribution is -2.38. The van der Waals surface area contributed by atoms with E-state index in [1.165, 1.54) is 11.1 Å². The molecule has 18 heavy (non-hydrogen) atoms. The Morgan fingerprint density at radius 3 is 2.72 bits per heavy atom. The fourth-order valence-corrected chi connectivity index (χ4v) is 2.79. The first-order valence-electron chi connectivity index (χ1n) is 6.43. The molecule has 2 nitrogen and oxygen atoms in total. The van der Waals surface area contributed by atoms with Gasteiger partial charge in [-0.05, 0) is 30.0 Å². The highest BCUT2D eigenvalue weighted by Crippen LogP contribution is 2.32. The van der Waals surface area contributed by atoms with Crippen LogP contribution in [0.4, 0.5) is 5.69 Å². The molecular formula is C15H20BrNO. The third-order valence-corrected chi connectivity index (χ3v) is 3.71. The minimum absolute atomic E-state index is 0.217. The van der Waals surface area contributed by atoms with Crippen molar-refractivity contribution in [3.63, 3.8) is 0 Å². The molecule has 2 rings (SSSR count). The zero-order valence-electron chi connectivity index (χ0n) is 11.3. The monoisotopic (exact) mass is 309 g/mol. The molecule has 0 fully saturated rings. The number of carbonyl (C=O) groups is 1. The van der Waals surface area contributed by atoms with E-state index in [1.54, 1.807) is 0 Å². The highest BCUT2D eigenvalue weighted by atomic mass is 79.9. The first-order valence-corrected chi connectivity index (χ1v) is 7.55. The van der Waals surface area contributed by atoms with Crippen molar-refractivity contribution in [2.24, 2.45) is 5.41 Å². The number of carbonyl (C=O) groups excluding carboxylic acids is 1. The van der Waals surface area contributed by atoms with Crippen LogP contribution >= 0.6 is 15.9 Å². The van der Waals surface area contributed by atoms with E-state index in [0.29, 0.717) is 0 Å². The number of hydrogen-bond acceptors (Lipinski definition) is 1. The van der Waals surface area contributed by atoms with Gasteiger partial charge in [0.15, 0.2) is 0 Å².